The highest BCUT2D eigenvalue weighted by Crippen LogP contribution is 2.24. The molecule has 0 aliphatic carbocycles. The van der Waals surface area contributed by atoms with E-state index in [0.717, 1.165) is 18.4 Å². The molecule has 1 aromatic carbocycles. The quantitative estimate of drug-likeness (QED) is 0.903. The second-order valence-corrected chi connectivity index (χ2v) is 6.93. The predicted molar refractivity (Wildman–Crippen MR) is 76.8 cm³/mol. The summed E-state index contributed by atoms with van der Waals surface area (Å²) in [6.07, 6.45) is 3.57. The number of hydrogen-bond acceptors (Lipinski definition) is 4. The average Bonchev–Trinajstić information content (AvgIpc) is 3.08. The van der Waals surface area contributed by atoms with E-state index in [1.54, 1.807) is 28.8 Å². The maximum Gasteiger partial charge on any atom is 0.243 e. The summed E-state index contributed by atoms with van der Waals surface area (Å²) >= 11 is 0. The lowest BCUT2D eigenvalue weighted by Crippen LogP contribution is -2.27. The Morgan fingerprint density at radius 3 is 2.70 bits per heavy atom. The van der Waals surface area contributed by atoms with Crippen LogP contribution in [0.15, 0.2) is 29.4 Å². The summed E-state index contributed by atoms with van der Waals surface area (Å²) in [5, 5.41) is 0. The molecule has 1 aromatic heterocycles. The van der Waals surface area contributed by atoms with Crippen molar-refractivity contribution in [2.24, 2.45) is 5.73 Å². The van der Waals surface area contributed by atoms with Gasteiger partial charge in [0.1, 0.15) is 0 Å². The second-order valence-electron chi connectivity index (χ2n) is 4.99. The highest BCUT2D eigenvalue weighted by Gasteiger charge is 2.27. The van der Waals surface area contributed by atoms with E-state index in [4.69, 9.17) is 5.73 Å². The number of nitrogens with two attached hydrogens (primary N) is 1. The number of hydrogen-bond donors (Lipinski definition) is 1. The minimum atomic E-state index is -3.37. The van der Waals surface area contributed by atoms with Crippen molar-refractivity contribution in [3.63, 3.8) is 0 Å². The lowest BCUT2D eigenvalue weighted by atomic mass is 10.3. The fourth-order valence-electron chi connectivity index (χ4n) is 2.60. The Labute approximate surface area is 118 Å². The summed E-state index contributed by atoms with van der Waals surface area (Å²) in [4.78, 5) is 4.59. The molecule has 0 bridgehead atoms. The number of nitrogens with zero attached hydrogens (tertiary/aromatic N) is 3. The molecule has 3 rings (SSSR count). The van der Waals surface area contributed by atoms with Gasteiger partial charge in [0.05, 0.1) is 22.3 Å². The molecule has 1 aliphatic heterocycles. The van der Waals surface area contributed by atoms with Gasteiger partial charge in [-0.2, -0.15) is 4.31 Å². The summed E-state index contributed by atoms with van der Waals surface area (Å²) in [6.45, 7) is 2.43. The Balaban J connectivity index is 2.01. The molecule has 0 radical (unpaired) electrons. The van der Waals surface area contributed by atoms with Crippen molar-refractivity contribution in [1.29, 1.82) is 0 Å². The van der Waals surface area contributed by atoms with Crippen LogP contribution >= 0.6 is 0 Å². The van der Waals surface area contributed by atoms with Gasteiger partial charge in [-0.3, -0.25) is 0 Å². The van der Waals surface area contributed by atoms with Crippen molar-refractivity contribution in [2.75, 3.05) is 19.6 Å². The third-order valence-corrected chi connectivity index (χ3v) is 5.56. The molecular weight excluding hydrogens is 276 g/mol. The van der Waals surface area contributed by atoms with E-state index in [-0.39, 0.29) is 0 Å². The van der Waals surface area contributed by atoms with Gasteiger partial charge in [0.2, 0.25) is 10.0 Å². The molecule has 1 aliphatic rings. The maximum atomic E-state index is 12.5. The van der Waals surface area contributed by atoms with Gasteiger partial charge in [-0.25, -0.2) is 13.4 Å². The van der Waals surface area contributed by atoms with Gasteiger partial charge in [-0.15, -0.1) is 0 Å². The van der Waals surface area contributed by atoms with Gasteiger partial charge in [-0.1, -0.05) is 0 Å². The largest absolute Gasteiger partial charge is 0.329 e. The van der Waals surface area contributed by atoms with Crippen molar-refractivity contribution in [1.82, 2.24) is 13.9 Å². The van der Waals surface area contributed by atoms with Crippen LogP contribution in [-0.4, -0.2) is 41.9 Å². The summed E-state index contributed by atoms with van der Waals surface area (Å²) in [5.41, 5.74) is 7.15. The van der Waals surface area contributed by atoms with Crippen LogP contribution in [0.3, 0.4) is 0 Å². The van der Waals surface area contributed by atoms with E-state index >= 15 is 0 Å². The van der Waals surface area contributed by atoms with Crippen molar-refractivity contribution in [3.05, 3.63) is 24.5 Å². The zero-order chi connectivity index (χ0) is 14.2. The van der Waals surface area contributed by atoms with Crippen LogP contribution in [0, 0.1) is 0 Å². The number of imidazole rings is 1. The Hall–Kier alpha value is -1.44. The zero-order valence-corrected chi connectivity index (χ0v) is 12.0. The third-order valence-electron chi connectivity index (χ3n) is 3.67. The minimum absolute atomic E-state index is 0.324. The molecule has 20 heavy (non-hydrogen) atoms. The van der Waals surface area contributed by atoms with Gasteiger partial charge >= 0.3 is 0 Å². The van der Waals surface area contributed by atoms with E-state index in [2.05, 4.69) is 4.98 Å². The Kier molecular flexibility index (Phi) is 3.49. The van der Waals surface area contributed by atoms with Crippen LogP contribution < -0.4 is 5.73 Å². The second kappa shape index (κ2) is 5.16. The standard InChI is InChI=1S/C13H18N4O2S/c14-5-8-16-10-15-12-9-11(3-4-13(12)16)20(18,19)17-6-1-2-7-17/h3-4,9-10H,1-2,5-8,14H2. The van der Waals surface area contributed by atoms with Crippen molar-refractivity contribution in [2.45, 2.75) is 24.3 Å². The first kappa shape index (κ1) is 13.5. The van der Waals surface area contributed by atoms with E-state index in [1.807, 2.05) is 4.57 Å². The molecule has 0 unspecified atom stereocenters. The van der Waals surface area contributed by atoms with Crippen molar-refractivity contribution < 1.29 is 8.42 Å². The van der Waals surface area contributed by atoms with Crippen LogP contribution in [-0.2, 0) is 16.6 Å². The topological polar surface area (TPSA) is 81.2 Å². The molecule has 1 saturated heterocycles. The number of rotatable bonds is 4. The number of fused-ring (bicyclic) bond motifs is 1. The minimum Gasteiger partial charge on any atom is -0.329 e. The smallest absolute Gasteiger partial charge is 0.243 e. The maximum absolute atomic E-state index is 12.5. The molecule has 1 fully saturated rings. The normalized spacial score (nSPS) is 17.1. The summed E-state index contributed by atoms with van der Waals surface area (Å²) in [5.74, 6) is 0. The molecule has 6 nitrogen and oxygen atoms in total. The molecule has 0 spiro atoms. The first-order valence-corrected chi connectivity index (χ1v) is 8.22. The summed E-state index contributed by atoms with van der Waals surface area (Å²) in [7, 11) is -3.37. The molecule has 0 saturated carbocycles. The first-order valence-electron chi connectivity index (χ1n) is 6.78. The van der Waals surface area contributed by atoms with Gasteiger partial charge in [0, 0.05) is 26.2 Å². The fourth-order valence-corrected chi connectivity index (χ4v) is 4.14. The van der Waals surface area contributed by atoms with Gasteiger partial charge < -0.3 is 10.3 Å². The molecule has 7 heteroatoms. The number of aromatic nitrogens is 2. The van der Waals surface area contributed by atoms with Crippen LogP contribution in [0.2, 0.25) is 0 Å². The highest BCUT2D eigenvalue weighted by atomic mass is 32.2. The third kappa shape index (κ3) is 2.21. The molecule has 0 atom stereocenters. The van der Waals surface area contributed by atoms with E-state index in [0.29, 0.717) is 36.6 Å². The summed E-state index contributed by atoms with van der Waals surface area (Å²) in [6, 6.07) is 5.11. The van der Waals surface area contributed by atoms with E-state index in [1.165, 1.54) is 0 Å². The number of benzene rings is 1. The van der Waals surface area contributed by atoms with Gasteiger partial charge in [-0.05, 0) is 31.0 Å². The Bertz CT molecular complexity index is 717. The first-order chi connectivity index (χ1) is 9.63. The lowest BCUT2D eigenvalue weighted by molar-refractivity contribution is 0.477. The molecule has 2 N–H and O–H groups in total. The Morgan fingerprint density at radius 2 is 2.00 bits per heavy atom. The SMILES string of the molecule is NCCn1cnc2cc(S(=O)(=O)N3CCCC3)ccc21. The molecule has 108 valence electrons. The van der Waals surface area contributed by atoms with Crippen LogP contribution in [0.25, 0.3) is 11.0 Å². The van der Waals surface area contributed by atoms with Crippen LogP contribution in [0.4, 0.5) is 0 Å². The molecule has 2 heterocycles. The monoisotopic (exact) mass is 294 g/mol. The highest BCUT2D eigenvalue weighted by molar-refractivity contribution is 7.89. The van der Waals surface area contributed by atoms with Gasteiger partial charge in [0.15, 0.2) is 0 Å². The van der Waals surface area contributed by atoms with Gasteiger partial charge in [0.25, 0.3) is 0 Å². The molecule has 2 aromatic rings. The average molecular weight is 294 g/mol. The van der Waals surface area contributed by atoms with Crippen LogP contribution in [0.1, 0.15) is 12.8 Å². The van der Waals surface area contributed by atoms with Crippen LogP contribution in [0.5, 0.6) is 0 Å². The summed E-state index contributed by atoms with van der Waals surface area (Å²) < 4.78 is 28.4. The van der Waals surface area contributed by atoms with E-state index in [9.17, 15) is 8.42 Å². The molecule has 0 amide bonds. The lowest BCUT2D eigenvalue weighted by Gasteiger charge is -2.15. The van der Waals surface area contributed by atoms with Crippen molar-refractivity contribution in [3.8, 4) is 0 Å². The molecular formula is C13H18N4O2S. The van der Waals surface area contributed by atoms with Crippen molar-refractivity contribution >= 4 is 21.1 Å². The zero-order valence-electron chi connectivity index (χ0n) is 11.2. The number of sulfonamides is 1. The van der Waals surface area contributed by atoms with E-state index < -0.39 is 10.0 Å². The predicted octanol–water partition coefficient (Wildman–Crippen LogP) is 0.779. The Morgan fingerprint density at radius 1 is 1.25 bits per heavy atom. The fraction of sp³-hybridized carbons (Fsp3) is 0.462.